The Morgan fingerprint density at radius 2 is 2.19 bits per heavy atom. The van der Waals surface area contributed by atoms with Gasteiger partial charge in [0.2, 0.25) is 0 Å². The lowest BCUT2D eigenvalue weighted by atomic mass is 10.1. The number of halogens is 2. The fourth-order valence-electron chi connectivity index (χ4n) is 1.72. The van der Waals surface area contributed by atoms with Crippen molar-refractivity contribution in [1.82, 2.24) is 0 Å². The fourth-order valence-corrected chi connectivity index (χ4v) is 1.72. The van der Waals surface area contributed by atoms with Gasteiger partial charge in [0.1, 0.15) is 12.4 Å². The summed E-state index contributed by atoms with van der Waals surface area (Å²) in [6.07, 6.45) is -2.55. The summed E-state index contributed by atoms with van der Waals surface area (Å²) < 4.78 is 30.4. The zero-order chi connectivity index (χ0) is 11.7. The number of anilines is 1. The van der Waals surface area contributed by atoms with Crippen molar-refractivity contribution in [3.05, 3.63) is 23.8 Å². The van der Waals surface area contributed by atoms with Crippen molar-refractivity contribution in [3.8, 4) is 5.75 Å². The lowest BCUT2D eigenvalue weighted by molar-refractivity contribution is 0.116. The van der Waals surface area contributed by atoms with E-state index in [1.807, 2.05) is 11.9 Å². The molecule has 0 aromatic heterocycles. The summed E-state index contributed by atoms with van der Waals surface area (Å²) in [6.45, 7) is 1.37. The van der Waals surface area contributed by atoms with Crippen molar-refractivity contribution < 1.29 is 13.5 Å². The zero-order valence-electron chi connectivity index (χ0n) is 8.99. The maximum absolute atomic E-state index is 12.5. The number of nitrogens with zero attached hydrogens (tertiary/aromatic N) is 1. The molecule has 0 spiro atoms. The molecule has 2 N–H and O–H groups in total. The monoisotopic (exact) mass is 228 g/mol. The molecule has 2 rings (SSSR count). The molecule has 0 fully saturated rings. The minimum atomic E-state index is -2.55. The van der Waals surface area contributed by atoms with E-state index in [9.17, 15) is 8.78 Å². The third-order valence-electron chi connectivity index (χ3n) is 2.73. The van der Waals surface area contributed by atoms with Crippen LogP contribution < -0.4 is 15.4 Å². The molecule has 0 radical (unpaired) electrons. The summed E-state index contributed by atoms with van der Waals surface area (Å²) in [7, 11) is 1.90. The SMILES string of the molecule is CN1CCOc2ccc(C(N)C(F)F)cc21. The van der Waals surface area contributed by atoms with Crippen LogP contribution in [0.25, 0.3) is 0 Å². The summed E-state index contributed by atoms with van der Waals surface area (Å²) in [4.78, 5) is 1.97. The Kier molecular flexibility index (Phi) is 2.96. The second-order valence-electron chi connectivity index (χ2n) is 3.86. The van der Waals surface area contributed by atoms with Gasteiger partial charge in [-0.1, -0.05) is 6.07 Å². The van der Waals surface area contributed by atoms with Gasteiger partial charge in [-0.15, -0.1) is 0 Å². The number of hydrogen-bond acceptors (Lipinski definition) is 3. The number of ether oxygens (including phenoxy) is 1. The minimum Gasteiger partial charge on any atom is -0.490 e. The van der Waals surface area contributed by atoms with Gasteiger partial charge >= 0.3 is 0 Å². The molecule has 3 nitrogen and oxygen atoms in total. The summed E-state index contributed by atoms with van der Waals surface area (Å²) >= 11 is 0. The van der Waals surface area contributed by atoms with Crippen LogP contribution in [0.1, 0.15) is 11.6 Å². The highest BCUT2D eigenvalue weighted by Crippen LogP contribution is 2.33. The molecular weight excluding hydrogens is 214 g/mol. The Labute approximate surface area is 92.8 Å². The molecule has 88 valence electrons. The van der Waals surface area contributed by atoms with Gasteiger partial charge < -0.3 is 15.4 Å². The zero-order valence-corrected chi connectivity index (χ0v) is 8.99. The molecule has 0 bridgehead atoms. The first-order chi connectivity index (χ1) is 7.59. The number of benzene rings is 1. The maximum atomic E-state index is 12.5. The van der Waals surface area contributed by atoms with Crippen LogP contribution in [-0.2, 0) is 0 Å². The molecule has 1 aliphatic rings. The van der Waals surface area contributed by atoms with E-state index < -0.39 is 12.5 Å². The predicted octanol–water partition coefficient (Wildman–Crippen LogP) is 1.78. The van der Waals surface area contributed by atoms with Crippen molar-refractivity contribution in [1.29, 1.82) is 0 Å². The van der Waals surface area contributed by atoms with Gasteiger partial charge in [-0.3, -0.25) is 0 Å². The van der Waals surface area contributed by atoms with Crippen LogP contribution >= 0.6 is 0 Å². The van der Waals surface area contributed by atoms with Crippen molar-refractivity contribution in [2.24, 2.45) is 5.73 Å². The predicted molar refractivity (Wildman–Crippen MR) is 58.1 cm³/mol. The van der Waals surface area contributed by atoms with E-state index in [-0.39, 0.29) is 0 Å². The molecule has 0 aliphatic carbocycles. The van der Waals surface area contributed by atoms with Gasteiger partial charge in [0.15, 0.2) is 0 Å². The van der Waals surface area contributed by atoms with E-state index in [1.54, 1.807) is 18.2 Å². The lowest BCUT2D eigenvalue weighted by Crippen LogP contribution is -2.29. The average molecular weight is 228 g/mol. The second kappa shape index (κ2) is 4.25. The molecule has 1 aromatic carbocycles. The molecular formula is C11H14F2N2O. The molecule has 1 unspecified atom stereocenters. The van der Waals surface area contributed by atoms with Crippen molar-refractivity contribution in [2.45, 2.75) is 12.5 Å². The van der Waals surface area contributed by atoms with E-state index in [4.69, 9.17) is 10.5 Å². The van der Waals surface area contributed by atoms with Gasteiger partial charge in [0.05, 0.1) is 18.3 Å². The van der Waals surface area contributed by atoms with Crippen LogP contribution in [0.4, 0.5) is 14.5 Å². The molecule has 1 aliphatic heterocycles. The van der Waals surface area contributed by atoms with E-state index in [2.05, 4.69) is 0 Å². The third-order valence-corrected chi connectivity index (χ3v) is 2.73. The average Bonchev–Trinajstić information content (AvgIpc) is 2.28. The Hall–Kier alpha value is -1.36. The number of alkyl halides is 2. The molecule has 1 heterocycles. The van der Waals surface area contributed by atoms with Crippen LogP contribution in [-0.4, -0.2) is 26.6 Å². The molecule has 0 amide bonds. The standard InChI is InChI=1S/C11H14F2N2O/c1-15-4-5-16-9-3-2-7(6-8(9)15)10(14)11(12)13/h2-3,6,10-11H,4-5,14H2,1H3. The first-order valence-corrected chi connectivity index (χ1v) is 5.11. The Morgan fingerprint density at radius 3 is 2.88 bits per heavy atom. The highest BCUT2D eigenvalue weighted by atomic mass is 19.3. The third kappa shape index (κ3) is 1.95. The van der Waals surface area contributed by atoms with Crippen LogP contribution in [0.2, 0.25) is 0 Å². The molecule has 0 saturated carbocycles. The smallest absolute Gasteiger partial charge is 0.257 e. The van der Waals surface area contributed by atoms with E-state index >= 15 is 0 Å². The summed E-state index contributed by atoms with van der Waals surface area (Å²) in [5.41, 5.74) is 6.66. The Morgan fingerprint density at radius 1 is 1.44 bits per heavy atom. The topological polar surface area (TPSA) is 38.5 Å². The molecule has 1 aromatic rings. The first-order valence-electron chi connectivity index (χ1n) is 5.11. The summed E-state index contributed by atoms with van der Waals surface area (Å²) in [5, 5.41) is 0. The maximum Gasteiger partial charge on any atom is 0.257 e. The largest absolute Gasteiger partial charge is 0.490 e. The Bertz CT molecular complexity index is 384. The number of likely N-dealkylation sites (N-methyl/N-ethyl adjacent to an activating group) is 1. The second-order valence-corrected chi connectivity index (χ2v) is 3.86. The van der Waals surface area contributed by atoms with Gasteiger partial charge in [-0.05, 0) is 17.7 Å². The van der Waals surface area contributed by atoms with Gasteiger partial charge in [0.25, 0.3) is 6.43 Å². The number of nitrogens with two attached hydrogens (primary N) is 1. The van der Waals surface area contributed by atoms with E-state index in [0.29, 0.717) is 12.2 Å². The summed E-state index contributed by atoms with van der Waals surface area (Å²) in [6, 6.07) is 3.73. The molecule has 0 saturated heterocycles. The highest BCUT2D eigenvalue weighted by Gasteiger charge is 2.21. The van der Waals surface area contributed by atoms with Crippen molar-refractivity contribution in [3.63, 3.8) is 0 Å². The molecule has 16 heavy (non-hydrogen) atoms. The van der Waals surface area contributed by atoms with Crippen molar-refractivity contribution in [2.75, 3.05) is 25.1 Å². The number of rotatable bonds is 2. The van der Waals surface area contributed by atoms with E-state index in [1.165, 1.54) is 0 Å². The number of fused-ring (bicyclic) bond motifs is 1. The normalized spacial score (nSPS) is 16.9. The molecule has 1 atom stereocenters. The quantitative estimate of drug-likeness (QED) is 0.838. The van der Waals surface area contributed by atoms with Gasteiger partial charge in [-0.2, -0.15) is 0 Å². The van der Waals surface area contributed by atoms with E-state index in [0.717, 1.165) is 18.0 Å². The fraction of sp³-hybridized carbons (Fsp3) is 0.455. The van der Waals surface area contributed by atoms with Crippen LogP contribution in [0.5, 0.6) is 5.75 Å². The summed E-state index contributed by atoms with van der Waals surface area (Å²) in [5.74, 6) is 0.721. The van der Waals surface area contributed by atoms with Gasteiger partial charge in [-0.25, -0.2) is 8.78 Å². The Balaban J connectivity index is 2.34. The number of hydrogen-bond donors (Lipinski definition) is 1. The van der Waals surface area contributed by atoms with Crippen molar-refractivity contribution >= 4 is 5.69 Å². The highest BCUT2D eigenvalue weighted by molar-refractivity contribution is 5.61. The molecule has 5 heteroatoms. The minimum absolute atomic E-state index is 0.436. The lowest BCUT2D eigenvalue weighted by Gasteiger charge is -2.28. The van der Waals surface area contributed by atoms with Gasteiger partial charge in [0, 0.05) is 7.05 Å². The van der Waals surface area contributed by atoms with Crippen LogP contribution in [0.15, 0.2) is 18.2 Å². The van der Waals surface area contributed by atoms with Crippen LogP contribution in [0.3, 0.4) is 0 Å². The van der Waals surface area contributed by atoms with Crippen LogP contribution in [0, 0.1) is 0 Å². The first kappa shape index (κ1) is 11.1.